The number of nitrogens with zero attached hydrogens (tertiary/aromatic N) is 3. The minimum absolute atomic E-state index is 0.00256. The Bertz CT molecular complexity index is 1010. The molecule has 0 unspecified atom stereocenters. The molecule has 2 aliphatic rings. The van der Waals surface area contributed by atoms with Crippen LogP contribution in [0.3, 0.4) is 0 Å². The lowest BCUT2D eigenvalue weighted by Crippen LogP contribution is -2.60. The smallest absolute Gasteiger partial charge is 0.263 e. The second-order valence-electron chi connectivity index (χ2n) is 9.18. The number of likely N-dealkylation sites (tertiary alicyclic amines) is 1. The van der Waals surface area contributed by atoms with Crippen molar-refractivity contribution in [2.24, 2.45) is 0 Å². The number of carbonyl (C=O) groups is 3. The van der Waals surface area contributed by atoms with Crippen molar-refractivity contribution in [3.8, 4) is 0 Å². The van der Waals surface area contributed by atoms with Crippen molar-refractivity contribution in [3.63, 3.8) is 0 Å². The fraction of sp³-hybridized carbons (Fsp3) is 0.480. The highest BCUT2D eigenvalue weighted by molar-refractivity contribution is 7.12. The van der Waals surface area contributed by atoms with Crippen LogP contribution in [0.1, 0.15) is 38.4 Å². The zero-order valence-corrected chi connectivity index (χ0v) is 20.8. The number of nitrogens with one attached hydrogen (secondary N) is 1. The van der Waals surface area contributed by atoms with E-state index in [0.717, 1.165) is 5.56 Å². The Kier molecular flexibility index (Phi) is 7.35. The average Bonchev–Trinajstić information content (AvgIpc) is 3.48. The predicted octanol–water partition coefficient (Wildman–Crippen LogP) is 2.21. The van der Waals surface area contributed by atoms with E-state index in [4.69, 9.17) is 4.74 Å². The summed E-state index contributed by atoms with van der Waals surface area (Å²) in [6.45, 7) is 4.23. The number of likely N-dealkylation sites (N-methyl/N-ethyl adjacent to an activating group) is 1. The normalized spacial score (nSPS) is 19.6. The van der Waals surface area contributed by atoms with E-state index in [1.807, 2.05) is 55.6 Å². The first kappa shape index (κ1) is 24.4. The van der Waals surface area contributed by atoms with Crippen molar-refractivity contribution >= 4 is 29.1 Å². The third-order valence-corrected chi connectivity index (χ3v) is 7.36. The van der Waals surface area contributed by atoms with Crippen LogP contribution in [-0.4, -0.2) is 91.1 Å². The molecule has 3 amide bonds. The number of piperidine rings is 1. The molecule has 1 aromatic heterocycles. The Morgan fingerprint density at radius 1 is 1.12 bits per heavy atom. The van der Waals surface area contributed by atoms with E-state index < -0.39 is 11.8 Å². The van der Waals surface area contributed by atoms with E-state index in [0.29, 0.717) is 49.5 Å². The number of aryl methyl sites for hydroxylation is 1. The summed E-state index contributed by atoms with van der Waals surface area (Å²) in [7, 11) is 3.89. The van der Waals surface area contributed by atoms with Gasteiger partial charge in [-0.25, -0.2) is 0 Å². The van der Waals surface area contributed by atoms with Crippen LogP contribution in [-0.2, 0) is 9.53 Å². The lowest BCUT2D eigenvalue weighted by Gasteiger charge is -2.44. The van der Waals surface area contributed by atoms with Crippen molar-refractivity contribution < 1.29 is 19.1 Å². The Morgan fingerprint density at radius 3 is 2.44 bits per heavy atom. The van der Waals surface area contributed by atoms with Crippen molar-refractivity contribution in [3.05, 3.63) is 57.8 Å². The molecule has 9 heteroatoms. The second-order valence-corrected chi connectivity index (χ2v) is 10.1. The van der Waals surface area contributed by atoms with Gasteiger partial charge in [-0.1, -0.05) is 23.8 Å². The molecule has 4 rings (SSSR count). The minimum Gasteiger partial charge on any atom is -0.353 e. The predicted molar refractivity (Wildman–Crippen MR) is 131 cm³/mol. The first-order valence-corrected chi connectivity index (χ1v) is 12.5. The van der Waals surface area contributed by atoms with Gasteiger partial charge in [-0.2, -0.15) is 0 Å². The van der Waals surface area contributed by atoms with Crippen molar-refractivity contribution in [1.82, 2.24) is 20.0 Å². The molecular formula is C25H32N4O4S. The number of benzene rings is 1. The fourth-order valence-corrected chi connectivity index (χ4v) is 5.23. The molecule has 8 nitrogen and oxygen atoms in total. The molecule has 0 bridgehead atoms. The molecule has 182 valence electrons. The molecule has 1 atom stereocenters. The van der Waals surface area contributed by atoms with Gasteiger partial charge >= 0.3 is 0 Å². The SMILES string of the molecule is Cc1ccc(C(=O)N2[C@H](C(=O)NCCN(C)C)COC23CCN(C(=O)c2cccs2)CC3)cc1. The number of rotatable bonds is 6. The van der Waals surface area contributed by atoms with Crippen LogP contribution in [0.2, 0.25) is 0 Å². The lowest BCUT2D eigenvalue weighted by molar-refractivity contribution is -0.128. The molecule has 2 aromatic rings. The van der Waals surface area contributed by atoms with Crippen LogP contribution >= 0.6 is 11.3 Å². The Hall–Kier alpha value is -2.75. The van der Waals surface area contributed by atoms with Crippen LogP contribution in [0.5, 0.6) is 0 Å². The van der Waals surface area contributed by atoms with Gasteiger partial charge in [0.2, 0.25) is 5.91 Å². The van der Waals surface area contributed by atoms with Crippen LogP contribution < -0.4 is 5.32 Å². The largest absolute Gasteiger partial charge is 0.353 e. The molecule has 2 saturated heterocycles. The summed E-state index contributed by atoms with van der Waals surface area (Å²) >= 11 is 1.42. The molecule has 2 fully saturated rings. The van der Waals surface area contributed by atoms with Crippen LogP contribution in [0, 0.1) is 6.92 Å². The van der Waals surface area contributed by atoms with E-state index in [1.54, 1.807) is 21.9 Å². The topological polar surface area (TPSA) is 82.2 Å². The van der Waals surface area contributed by atoms with E-state index >= 15 is 0 Å². The quantitative estimate of drug-likeness (QED) is 0.680. The van der Waals surface area contributed by atoms with Gasteiger partial charge in [-0.15, -0.1) is 11.3 Å². The number of hydrogen-bond acceptors (Lipinski definition) is 6. The number of ether oxygens (including phenoxy) is 1. The fourth-order valence-electron chi connectivity index (χ4n) is 4.54. The molecule has 1 N–H and O–H groups in total. The van der Waals surface area contributed by atoms with Gasteiger partial charge in [0.15, 0.2) is 0 Å². The van der Waals surface area contributed by atoms with Gasteiger partial charge in [0.1, 0.15) is 11.8 Å². The third kappa shape index (κ3) is 5.01. The average molecular weight is 485 g/mol. The highest BCUT2D eigenvalue weighted by Crippen LogP contribution is 2.39. The standard InChI is InChI=1S/C25H32N4O4S/c1-18-6-8-19(9-7-18)23(31)29-20(22(30)26-12-15-27(2)3)17-33-25(29)10-13-28(14-11-25)24(32)21-5-4-16-34-21/h4-9,16,20H,10-15,17H2,1-3H3,(H,26,30)/t20-/m0/s1. The molecule has 1 aromatic carbocycles. The maximum Gasteiger partial charge on any atom is 0.263 e. The summed E-state index contributed by atoms with van der Waals surface area (Å²) in [5.41, 5.74) is 0.679. The van der Waals surface area contributed by atoms with Gasteiger partial charge in [-0.05, 0) is 44.6 Å². The monoisotopic (exact) mass is 484 g/mol. The molecule has 0 saturated carbocycles. The zero-order valence-electron chi connectivity index (χ0n) is 20.0. The number of amides is 3. The van der Waals surface area contributed by atoms with Gasteiger partial charge in [0.25, 0.3) is 11.8 Å². The summed E-state index contributed by atoms with van der Waals surface area (Å²) in [5.74, 6) is -0.434. The summed E-state index contributed by atoms with van der Waals surface area (Å²) in [5, 5.41) is 4.84. The highest BCUT2D eigenvalue weighted by Gasteiger charge is 2.54. The Balaban J connectivity index is 1.54. The van der Waals surface area contributed by atoms with Gasteiger partial charge < -0.3 is 19.9 Å². The number of hydrogen-bond donors (Lipinski definition) is 1. The van der Waals surface area contributed by atoms with Crippen molar-refractivity contribution in [2.45, 2.75) is 31.5 Å². The van der Waals surface area contributed by atoms with Crippen molar-refractivity contribution in [2.75, 3.05) is 46.9 Å². The number of carbonyl (C=O) groups excluding carboxylic acids is 3. The van der Waals surface area contributed by atoms with E-state index in [2.05, 4.69) is 5.32 Å². The van der Waals surface area contributed by atoms with Crippen LogP contribution in [0.25, 0.3) is 0 Å². The molecular weight excluding hydrogens is 452 g/mol. The van der Waals surface area contributed by atoms with E-state index in [-0.39, 0.29) is 24.3 Å². The maximum absolute atomic E-state index is 13.7. The molecule has 34 heavy (non-hydrogen) atoms. The van der Waals surface area contributed by atoms with Crippen LogP contribution in [0.4, 0.5) is 0 Å². The maximum atomic E-state index is 13.7. The first-order valence-electron chi connectivity index (χ1n) is 11.6. The summed E-state index contributed by atoms with van der Waals surface area (Å²) < 4.78 is 6.24. The summed E-state index contributed by atoms with van der Waals surface area (Å²) in [6.07, 6.45) is 0.923. The minimum atomic E-state index is -0.905. The third-order valence-electron chi connectivity index (χ3n) is 6.50. The molecule has 2 aliphatic heterocycles. The Labute approximate surface area is 204 Å². The molecule has 0 aliphatic carbocycles. The van der Waals surface area contributed by atoms with Gasteiger partial charge in [0, 0.05) is 44.6 Å². The van der Waals surface area contributed by atoms with Gasteiger partial charge in [0.05, 0.1) is 11.5 Å². The van der Waals surface area contributed by atoms with Crippen LogP contribution in [0.15, 0.2) is 41.8 Å². The van der Waals surface area contributed by atoms with Gasteiger partial charge in [-0.3, -0.25) is 19.3 Å². The van der Waals surface area contributed by atoms with E-state index in [1.165, 1.54) is 11.3 Å². The molecule has 1 spiro atoms. The summed E-state index contributed by atoms with van der Waals surface area (Å²) in [6, 6.07) is 10.3. The second kappa shape index (κ2) is 10.2. The molecule has 0 radical (unpaired) electrons. The highest BCUT2D eigenvalue weighted by atomic mass is 32.1. The number of thiophene rings is 1. The van der Waals surface area contributed by atoms with E-state index in [9.17, 15) is 14.4 Å². The zero-order chi connectivity index (χ0) is 24.3. The molecule has 3 heterocycles. The Morgan fingerprint density at radius 2 is 1.82 bits per heavy atom. The lowest BCUT2D eigenvalue weighted by atomic mass is 9.96. The first-order chi connectivity index (χ1) is 16.3. The van der Waals surface area contributed by atoms with Crippen molar-refractivity contribution in [1.29, 1.82) is 0 Å². The summed E-state index contributed by atoms with van der Waals surface area (Å²) in [4.78, 5) is 45.8.